The molecule has 0 spiro atoms. The first-order valence-corrected chi connectivity index (χ1v) is 27.0. The number of esters is 1. The summed E-state index contributed by atoms with van der Waals surface area (Å²) in [7, 11) is 0. The molecule has 0 aliphatic carbocycles. The number of carboxylic acids is 1. The second-order valence-electron chi connectivity index (χ2n) is 20.7. The van der Waals surface area contributed by atoms with Crippen LogP contribution in [0.5, 0.6) is 23.0 Å². The number of oxazole rings is 2. The van der Waals surface area contributed by atoms with E-state index >= 15 is 0 Å². The lowest BCUT2D eigenvalue weighted by Crippen LogP contribution is -2.34. The first-order valence-electron chi connectivity index (χ1n) is 27.0. The lowest BCUT2D eigenvalue weighted by Gasteiger charge is -2.25. The van der Waals surface area contributed by atoms with Gasteiger partial charge >= 0.3 is 11.9 Å². The normalized spacial score (nSPS) is 11.3. The van der Waals surface area contributed by atoms with E-state index in [4.69, 9.17) is 27.8 Å². The summed E-state index contributed by atoms with van der Waals surface area (Å²) >= 11 is 0. The maximum Gasteiger partial charge on any atom is 0.320 e. The van der Waals surface area contributed by atoms with E-state index in [0.29, 0.717) is 81.3 Å². The Balaban J connectivity index is 0.000000213. The highest BCUT2D eigenvalue weighted by atomic mass is 19.1. The Morgan fingerprint density at radius 2 is 0.975 bits per heavy atom. The maximum atomic E-state index is 13.4. The zero-order valence-electron chi connectivity index (χ0n) is 46.8. The van der Waals surface area contributed by atoms with Gasteiger partial charge in [-0.25, -0.2) is 14.4 Å². The Hall–Kier alpha value is -8.85. The molecule has 0 fully saturated rings. The summed E-state index contributed by atoms with van der Waals surface area (Å²) in [5.74, 6) is 3.74. The summed E-state index contributed by atoms with van der Waals surface area (Å²) in [6.45, 7) is 14.6. The van der Waals surface area contributed by atoms with Gasteiger partial charge in [-0.15, -0.1) is 0 Å². The molecule has 14 heteroatoms. The van der Waals surface area contributed by atoms with Gasteiger partial charge < -0.3 is 32.9 Å². The molecule has 0 unspecified atom stereocenters. The van der Waals surface area contributed by atoms with Crippen LogP contribution in [0.15, 0.2) is 191 Å². The van der Waals surface area contributed by atoms with Gasteiger partial charge in [0.2, 0.25) is 11.8 Å². The Morgan fingerprint density at radius 3 is 1.46 bits per heavy atom. The first kappa shape index (κ1) is 58.3. The van der Waals surface area contributed by atoms with E-state index in [0.717, 1.165) is 62.0 Å². The third-order valence-corrected chi connectivity index (χ3v) is 12.7. The number of hydrogen-bond acceptors (Lipinski definition) is 12. The third kappa shape index (κ3) is 18.9. The van der Waals surface area contributed by atoms with Crippen LogP contribution in [0.3, 0.4) is 0 Å². The standard InChI is InChI=1S/C34H31FN2O5.C33H38N2O4/c1-24-32(36-34(41-24)27-8-3-2-4-9-27)17-18-40-30-11-5-7-26(19-30)22-37(23-33(38)39)21-25-13-15-29(16-14-25)42-31-12-6-10-28(35)20-31;1-24-14-16-26(17-15-24)21-35(23-31(36)39-33(3,4)5)22-27-10-9-13-29(20-27)37-19-18-30-25(2)38-32(34-30)28-11-7-6-8-12-28/h2-16,19-20H,17-18,21-23H2,1H3,(H,38,39);6-17,20H,18-19,21-23H2,1-5H3. The highest BCUT2D eigenvalue weighted by molar-refractivity contribution is 5.72. The molecule has 2 heterocycles. The third-order valence-electron chi connectivity index (χ3n) is 12.7. The van der Waals surface area contributed by atoms with Crippen LogP contribution in [0.25, 0.3) is 22.9 Å². The van der Waals surface area contributed by atoms with Crippen molar-refractivity contribution in [2.45, 2.75) is 86.2 Å². The van der Waals surface area contributed by atoms with Crippen LogP contribution in [0.2, 0.25) is 0 Å². The molecule has 0 bridgehead atoms. The fraction of sp³-hybridized carbons (Fsp3) is 0.254. The number of carboxylic acid groups (broad SMARTS) is 1. The van der Waals surface area contributed by atoms with Gasteiger partial charge in [-0.05, 0) is 137 Å². The molecule has 0 amide bonds. The van der Waals surface area contributed by atoms with E-state index in [-0.39, 0.29) is 24.9 Å². The number of carbonyl (C=O) groups excluding carboxylic acids is 1. The van der Waals surface area contributed by atoms with Gasteiger partial charge in [0.15, 0.2) is 0 Å². The number of aryl methyl sites for hydroxylation is 3. The summed E-state index contributed by atoms with van der Waals surface area (Å²) in [5, 5.41) is 9.52. The molecule has 81 heavy (non-hydrogen) atoms. The number of aliphatic carboxylic acids is 1. The minimum atomic E-state index is -0.911. The van der Waals surface area contributed by atoms with Crippen molar-refractivity contribution in [3.63, 3.8) is 0 Å². The van der Waals surface area contributed by atoms with Crippen molar-refractivity contribution in [3.8, 4) is 45.9 Å². The molecule has 418 valence electrons. The number of hydrogen-bond donors (Lipinski definition) is 1. The fourth-order valence-corrected chi connectivity index (χ4v) is 8.87. The predicted octanol–water partition coefficient (Wildman–Crippen LogP) is 14.2. The molecule has 0 aliphatic heterocycles. The topological polar surface area (TPSA) is 150 Å². The van der Waals surface area contributed by atoms with Crippen molar-refractivity contribution < 1.29 is 46.9 Å². The van der Waals surface area contributed by atoms with Gasteiger partial charge in [0.05, 0.1) is 37.7 Å². The van der Waals surface area contributed by atoms with Gasteiger partial charge in [0.25, 0.3) is 0 Å². The molecule has 0 radical (unpaired) electrons. The van der Waals surface area contributed by atoms with Crippen molar-refractivity contribution in [1.29, 1.82) is 0 Å². The van der Waals surface area contributed by atoms with Crippen molar-refractivity contribution in [2.24, 2.45) is 0 Å². The van der Waals surface area contributed by atoms with Crippen LogP contribution in [0.4, 0.5) is 4.39 Å². The molecule has 0 saturated heterocycles. The molecular formula is C67H69FN4O9. The monoisotopic (exact) mass is 1090 g/mol. The van der Waals surface area contributed by atoms with Gasteiger partial charge in [-0.2, -0.15) is 0 Å². The largest absolute Gasteiger partial charge is 0.493 e. The molecule has 9 rings (SSSR count). The Kier molecular flexibility index (Phi) is 20.4. The molecule has 0 atom stereocenters. The number of benzene rings is 7. The summed E-state index contributed by atoms with van der Waals surface area (Å²) in [6.07, 6.45) is 1.24. The number of ether oxygens (including phenoxy) is 4. The van der Waals surface area contributed by atoms with Crippen LogP contribution in [0.1, 0.15) is 71.5 Å². The average Bonchev–Trinajstić information content (AvgIpc) is 4.13. The van der Waals surface area contributed by atoms with Crippen LogP contribution in [0, 0.1) is 26.6 Å². The molecule has 9 aromatic rings. The van der Waals surface area contributed by atoms with Crippen LogP contribution in [-0.4, -0.2) is 68.7 Å². The highest BCUT2D eigenvalue weighted by Crippen LogP contribution is 2.27. The summed E-state index contributed by atoms with van der Waals surface area (Å²) in [5.41, 5.74) is 8.39. The SMILES string of the molecule is Cc1ccc(CN(CC(=O)OC(C)(C)C)Cc2cccc(OCCc3nc(-c4ccccc4)oc3C)c2)cc1.Cc1oc(-c2ccccc2)nc1CCOc1cccc(CN(CC(=O)O)Cc2ccc(Oc3cccc(F)c3)cc2)c1. The lowest BCUT2D eigenvalue weighted by atomic mass is 10.1. The van der Waals surface area contributed by atoms with E-state index in [1.165, 1.54) is 17.7 Å². The number of nitrogens with zero attached hydrogens (tertiary/aromatic N) is 4. The second kappa shape index (κ2) is 28.3. The van der Waals surface area contributed by atoms with Crippen molar-refractivity contribution in [2.75, 3.05) is 26.3 Å². The van der Waals surface area contributed by atoms with Gasteiger partial charge in [0.1, 0.15) is 45.9 Å². The zero-order valence-corrected chi connectivity index (χ0v) is 46.8. The lowest BCUT2D eigenvalue weighted by molar-refractivity contribution is -0.156. The smallest absolute Gasteiger partial charge is 0.320 e. The minimum Gasteiger partial charge on any atom is -0.493 e. The Labute approximate surface area is 473 Å². The average molecular weight is 1090 g/mol. The maximum absolute atomic E-state index is 13.4. The Morgan fingerprint density at radius 1 is 0.519 bits per heavy atom. The second-order valence-corrected chi connectivity index (χ2v) is 20.7. The molecule has 0 aliphatic rings. The molecule has 13 nitrogen and oxygen atoms in total. The van der Waals surface area contributed by atoms with Crippen molar-refractivity contribution >= 4 is 11.9 Å². The highest BCUT2D eigenvalue weighted by Gasteiger charge is 2.21. The summed E-state index contributed by atoms with van der Waals surface area (Å²) in [4.78, 5) is 37.5. The van der Waals surface area contributed by atoms with Crippen molar-refractivity contribution in [3.05, 3.63) is 239 Å². The van der Waals surface area contributed by atoms with Gasteiger partial charge in [-0.1, -0.05) is 109 Å². The van der Waals surface area contributed by atoms with Crippen molar-refractivity contribution in [1.82, 2.24) is 19.8 Å². The van der Waals surface area contributed by atoms with Crippen LogP contribution < -0.4 is 14.2 Å². The number of carbonyl (C=O) groups is 2. The number of aromatic nitrogens is 2. The van der Waals surface area contributed by atoms with E-state index in [2.05, 4.69) is 52.1 Å². The molecule has 2 aromatic heterocycles. The van der Waals surface area contributed by atoms with Crippen LogP contribution in [-0.2, 0) is 53.3 Å². The zero-order chi connectivity index (χ0) is 57.1. The van der Waals surface area contributed by atoms with Gasteiger partial charge in [0, 0.05) is 56.2 Å². The summed E-state index contributed by atoms with van der Waals surface area (Å²) < 4.78 is 48.6. The first-order chi connectivity index (χ1) is 39.0. The Bertz CT molecular complexity index is 3430. The van der Waals surface area contributed by atoms with E-state index in [1.54, 1.807) is 24.3 Å². The predicted molar refractivity (Wildman–Crippen MR) is 310 cm³/mol. The number of halogens is 1. The summed E-state index contributed by atoms with van der Waals surface area (Å²) in [6, 6.07) is 57.0. The molecule has 1 N–H and O–H groups in total. The molecular weight excluding hydrogens is 1020 g/mol. The minimum absolute atomic E-state index is 0.123. The van der Waals surface area contributed by atoms with E-state index in [9.17, 15) is 19.1 Å². The van der Waals surface area contributed by atoms with E-state index < -0.39 is 11.6 Å². The van der Waals surface area contributed by atoms with Gasteiger partial charge in [-0.3, -0.25) is 19.4 Å². The molecule has 7 aromatic carbocycles. The fourth-order valence-electron chi connectivity index (χ4n) is 8.87. The quantitative estimate of drug-likeness (QED) is 0.0572. The van der Waals surface area contributed by atoms with Crippen LogP contribution >= 0.6 is 0 Å². The van der Waals surface area contributed by atoms with E-state index in [1.807, 2.05) is 155 Å². The number of rotatable bonds is 24. The molecule has 0 saturated carbocycles.